The van der Waals surface area contributed by atoms with Gasteiger partial charge in [-0.1, -0.05) is 19.9 Å². The van der Waals surface area contributed by atoms with Crippen LogP contribution in [0.3, 0.4) is 0 Å². The van der Waals surface area contributed by atoms with Gasteiger partial charge >= 0.3 is 0 Å². The van der Waals surface area contributed by atoms with E-state index >= 15 is 0 Å². The first-order valence-corrected chi connectivity index (χ1v) is 11.3. The van der Waals surface area contributed by atoms with Crippen LogP contribution in [-0.2, 0) is 19.2 Å². The summed E-state index contributed by atoms with van der Waals surface area (Å²) in [6, 6.07) is -0.971. The zero-order chi connectivity index (χ0) is 23.0. The number of carbonyl (C=O) groups excluding carboxylic acids is 4. The van der Waals surface area contributed by atoms with E-state index in [-0.39, 0.29) is 23.7 Å². The normalized spacial score (nSPS) is 22.6. The quantitative estimate of drug-likeness (QED) is 0.468. The van der Waals surface area contributed by atoms with Crippen LogP contribution in [-0.4, -0.2) is 58.6 Å². The standard InChI is InChI=1S/C10H14Br2N2O2.C10H14N2O2/c1-2-7(10(13)16)14-5-6(3-8(11)12)4-9(14)15;1-3-7-5-9(13)12(6-7)8(4-2)10(11)14/h3,6-7H,2,4-5H2,1H3,(H2,13,16);1,7-8H,4-6H2,2H3,(H2,11,14)/t6?,7-;7?,8-/m00/s1. The van der Waals surface area contributed by atoms with E-state index in [1.54, 1.807) is 4.90 Å². The summed E-state index contributed by atoms with van der Waals surface area (Å²) in [6.07, 6.45) is 9.02. The van der Waals surface area contributed by atoms with Crippen LogP contribution in [0.2, 0.25) is 0 Å². The van der Waals surface area contributed by atoms with Gasteiger partial charge in [-0.3, -0.25) is 19.2 Å². The third kappa shape index (κ3) is 7.13. The Morgan fingerprint density at radius 1 is 1.07 bits per heavy atom. The van der Waals surface area contributed by atoms with Gasteiger partial charge in [-0.05, 0) is 44.7 Å². The van der Waals surface area contributed by atoms with Gasteiger partial charge in [0.1, 0.15) is 12.1 Å². The Kier molecular flexibility index (Phi) is 10.6. The minimum atomic E-state index is -0.499. The van der Waals surface area contributed by atoms with Crippen LogP contribution in [0.25, 0.3) is 0 Å². The molecular weight excluding hydrogens is 520 g/mol. The number of carbonyl (C=O) groups is 4. The average molecular weight is 548 g/mol. The van der Waals surface area contributed by atoms with Crippen molar-refractivity contribution in [2.75, 3.05) is 13.1 Å². The SMILES string of the molecule is C#CC1CC(=O)N([C@@H](CC)C(N)=O)C1.CC[C@@H](C(N)=O)N1CC(C=C(Br)Br)CC1=O. The molecule has 0 saturated carbocycles. The molecule has 2 unspecified atom stereocenters. The molecule has 0 aromatic rings. The molecule has 8 nitrogen and oxygen atoms in total. The summed E-state index contributed by atoms with van der Waals surface area (Å²) in [7, 11) is 0. The van der Waals surface area contributed by atoms with Crippen LogP contribution < -0.4 is 11.5 Å². The molecule has 0 bridgehead atoms. The molecule has 0 aliphatic carbocycles. The van der Waals surface area contributed by atoms with Gasteiger partial charge in [0.15, 0.2) is 0 Å². The number of rotatable bonds is 7. The molecule has 0 spiro atoms. The molecule has 2 heterocycles. The molecule has 4 N–H and O–H groups in total. The van der Waals surface area contributed by atoms with Crippen LogP contribution in [0.15, 0.2) is 9.47 Å². The Labute approximate surface area is 194 Å². The van der Waals surface area contributed by atoms with Crippen LogP contribution in [0, 0.1) is 24.2 Å². The molecule has 2 aliphatic rings. The first-order valence-electron chi connectivity index (χ1n) is 9.72. The van der Waals surface area contributed by atoms with E-state index in [2.05, 4.69) is 37.8 Å². The van der Waals surface area contributed by atoms with Gasteiger partial charge in [-0.2, -0.15) is 0 Å². The van der Waals surface area contributed by atoms with E-state index in [1.165, 1.54) is 4.90 Å². The van der Waals surface area contributed by atoms with E-state index in [4.69, 9.17) is 17.9 Å². The highest BCUT2D eigenvalue weighted by Crippen LogP contribution is 2.26. The van der Waals surface area contributed by atoms with Crippen molar-refractivity contribution in [1.82, 2.24) is 9.80 Å². The van der Waals surface area contributed by atoms with Crippen LogP contribution in [0.5, 0.6) is 0 Å². The number of likely N-dealkylation sites (tertiary alicyclic amines) is 2. The highest BCUT2D eigenvalue weighted by atomic mass is 79.9. The van der Waals surface area contributed by atoms with E-state index in [0.717, 1.165) is 3.39 Å². The third-order valence-electron chi connectivity index (χ3n) is 5.13. The predicted molar refractivity (Wildman–Crippen MR) is 121 cm³/mol. The molecule has 0 aromatic carbocycles. The van der Waals surface area contributed by atoms with Gasteiger partial charge in [0, 0.05) is 37.8 Å². The molecule has 2 saturated heterocycles. The highest BCUT2D eigenvalue weighted by Gasteiger charge is 2.36. The van der Waals surface area contributed by atoms with Crippen molar-refractivity contribution in [2.24, 2.45) is 23.3 Å². The second-order valence-corrected chi connectivity index (χ2v) is 10.0. The summed E-state index contributed by atoms with van der Waals surface area (Å²) in [5, 5.41) is 0. The summed E-state index contributed by atoms with van der Waals surface area (Å²) in [5.41, 5.74) is 10.5. The summed E-state index contributed by atoms with van der Waals surface area (Å²) in [4.78, 5) is 48.5. The van der Waals surface area contributed by atoms with Gasteiger partial charge in [-0.15, -0.1) is 12.3 Å². The number of terminal acetylenes is 1. The fraction of sp³-hybridized carbons (Fsp3) is 0.600. The Morgan fingerprint density at radius 2 is 1.53 bits per heavy atom. The fourth-order valence-electron chi connectivity index (χ4n) is 3.65. The molecule has 2 aliphatic heterocycles. The van der Waals surface area contributed by atoms with Crippen molar-refractivity contribution < 1.29 is 19.2 Å². The Hall–Kier alpha value is -1.86. The average Bonchev–Trinajstić information content (AvgIpc) is 3.18. The number of hydrogen-bond acceptors (Lipinski definition) is 4. The van der Waals surface area contributed by atoms with Crippen molar-refractivity contribution in [3.8, 4) is 12.3 Å². The molecule has 30 heavy (non-hydrogen) atoms. The van der Waals surface area contributed by atoms with E-state index in [9.17, 15) is 19.2 Å². The van der Waals surface area contributed by atoms with Gasteiger partial charge in [0.05, 0.1) is 3.39 Å². The third-order valence-corrected chi connectivity index (χ3v) is 5.66. The van der Waals surface area contributed by atoms with Crippen LogP contribution in [0.4, 0.5) is 0 Å². The topological polar surface area (TPSA) is 127 Å². The Bertz CT molecular complexity index is 746. The first kappa shape index (κ1) is 26.2. The summed E-state index contributed by atoms with van der Waals surface area (Å²) in [6.45, 7) is 4.69. The number of primary amides is 2. The van der Waals surface area contributed by atoms with Crippen molar-refractivity contribution in [1.29, 1.82) is 0 Å². The van der Waals surface area contributed by atoms with Crippen molar-refractivity contribution in [3.05, 3.63) is 9.47 Å². The monoisotopic (exact) mass is 546 g/mol. The lowest BCUT2D eigenvalue weighted by molar-refractivity contribution is -0.136. The number of nitrogens with two attached hydrogens (primary N) is 2. The first-order chi connectivity index (χ1) is 14.0. The number of nitrogens with zero attached hydrogens (tertiary/aromatic N) is 2. The van der Waals surface area contributed by atoms with Crippen LogP contribution in [0.1, 0.15) is 39.5 Å². The maximum atomic E-state index is 11.7. The minimum absolute atomic E-state index is 0.00634. The van der Waals surface area contributed by atoms with Crippen molar-refractivity contribution in [3.63, 3.8) is 0 Å². The summed E-state index contributed by atoms with van der Waals surface area (Å²) < 4.78 is 0.826. The second kappa shape index (κ2) is 12.1. The van der Waals surface area contributed by atoms with E-state index in [0.29, 0.717) is 38.8 Å². The lowest BCUT2D eigenvalue weighted by Gasteiger charge is -2.24. The molecule has 4 atom stereocenters. The summed E-state index contributed by atoms with van der Waals surface area (Å²) in [5.74, 6) is 1.62. The molecule has 2 rings (SSSR count). The van der Waals surface area contributed by atoms with Crippen molar-refractivity contribution >= 4 is 55.5 Å². The van der Waals surface area contributed by atoms with Crippen molar-refractivity contribution in [2.45, 2.75) is 51.6 Å². The molecule has 10 heteroatoms. The molecular formula is C20H28Br2N4O4. The Balaban J connectivity index is 0.000000303. The minimum Gasteiger partial charge on any atom is -0.368 e. The van der Waals surface area contributed by atoms with E-state index in [1.807, 2.05) is 19.9 Å². The molecule has 4 amide bonds. The predicted octanol–water partition coefficient (Wildman–Crippen LogP) is 1.46. The zero-order valence-corrected chi connectivity index (χ0v) is 20.3. The fourth-order valence-corrected chi connectivity index (χ4v) is 4.39. The lowest BCUT2D eigenvalue weighted by atomic mass is 10.1. The smallest absolute Gasteiger partial charge is 0.240 e. The van der Waals surface area contributed by atoms with Gasteiger partial charge in [0.25, 0.3) is 0 Å². The van der Waals surface area contributed by atoms with E-state index < -0.39 is 23.9 Å². The van der Waals surface area contributed by atoms with Gasteiger partial charge in [0.2, 0.25) is 23.6 Å². The number of amides is 4. The van der Waals surface area contributed by atoms with Crippen LogP contribution >= 0.6 is 31.9 Å². The highest BCUT2D eigenvalue weighted by molar-refractivity contribution is 9.28. The second-order valence-electron chi connectivity index (χ2n) is 7.23. The maximum absolute atomic E-state index is 11.7. The van der Waals surface area contributed by atoms with Gasteiger partial charge in [-0.25, -0.2) is 0 Å². The molecule has 0 aromatic heterocycles. The number of hydrogen-bond donors (Lipinski definition) is 2. The maximum Gasteiger partial charge on any atom is 0.240 e. The lowest BCUT2D eigenvalue weighted by Crippen LogP contribution is -2.45. The largest absolute Gasteiger partial charge is 0.368 e. The zero-order valence-electron chi connectivity index (χ0n) is 17.1. The molecule has 2 fully saturated rings. The Morgan fingerprint density at radius 3 is 1.90 bits per heavy atom. The molecule has 0 radical (unpaired) electrons. The number of halogens is 2. The summed E-state index contributed by atoms with van der Waals surface area (Å²) >= 11 is 6.53. The molecule has 166 valence electrons. The van der Waals surface area contributed by atoms with Gasteiger partial charge < -0.3 is 21.3 Å².